The van der Waals surface area contributed by atoms with Crippen LogP contribution in [0.5, 0.6) is 11.5 Å². The van der Waals surface area contributed by atoms with Crippen molar-refractivity contribution in [1.29, 1.82) is 0 Å². The average molecular weight is 489 g/mol. The lowest BCUT2D eigenvalue weighted by molar-refractivity contribution is -0.384. The van der Waals surface area contributed by atoms with Crippen LogP contribution >= 0.6 is 11.7 Å². The number of ketones is 1. The monoisotopic (exact) mass is 489 g/mol. The third-order valence-corrected chi connectivity index (χ3v) is 6.05. The maximum atomic E-state index is 13.7. The fraction of sp³-hybridized carbons (Fsp3) is 0.0833. The van der Waals surface area contributed by atoms with E-state index in [9.17, 15) is 24.8 Å². The second-order valence-corrected chi connectivity index (χ2v) is 8.15. The number of carboxylic acid groups (broad SMARTS) is 1. The number of rotatable bonds is 7. The molecule has 0 saturated carbocycles. The second kappa shape index (κ2) is 8.95. The first-order valence-electron chi connectivity index (χ1n) is 10.3. The number of nitro benzene ring substituents is 1. The van der Waals surface area contributed by atoms with E-state index in [0.29, 0.717) is 33.7 Å². The number of carbonyl (C=O) groups is 2. The number of carbonyl (C=O) groups excluding carboxylic acids is 1. The Kier molecular flexibility index (Phi) is 5.67. The molecule has 3 aromatic carbocycles. The number of ether oxygens (including phenoxy) is 2. The molecule has 0 spiro atoms. The predicted octanol–water partition coefficient (Wildman–Crippen LogP) is 4.29. The van der Waals surface area contributed by atoms with Crippen LogP contribution in [0.15, 0.2) is 66.2 Å². The lowest BCUT2D eigenvalue weighted by Crippen LogP contribution is -2.14. The second-order valence-electron chi connectivity index (χ2n) is 7.62. The fourth-order valence-electron chi connectivity index (χ4n) is 3.80. The van der Waals surface area contributed by atoms with E-state index < -0.39 is 16.7 Å². The largest absolute Gasteiger partial charge is 0.478 e. The first kappa shape index (κ1) is 22.2. The molecule has 0 fully saturated rings. The van der Waals surface area contributed by atoms with Crippen molar-refractivity contribution in [3.05, 3.63) is 93.0 Å². The summed E-state index contributed by atoms with van der Waals surface area (Å²) in [7, 11) is 0. The fourth-order valence-corrected chi connectivity index (χ4v) is 4.32. The van der Waals surface area contributed by atoms with Crippen LogP contribution in [-0.4, -0.2) is 37.3 Å². The Labute approximate surface area is 201 Å². The lowest BCUT2D eigenvalue weighted by Gasteiger charge is -2.13. The normalized spacial score (nSPS) is 12.9. The molecule has 0 saturated heterocycles. The molecule has 0 atom stereocenters. The molecular formula is C24H15N3O7S. The van der Waals surface area contributed by atoms with Gasteiger partial charge in [0.1, 0.15) is 11.0 Å². The molecular weight excluding hydrogens is 474 g/mol. The minimum absolute atomic E-state index is 0.00718. The van der Waals surface area contributed by atoms with Crippen molar-refractivity contribution >= 4 is 45.8 Å². The number of fused-ring (bicyclic) bond motifs is 2. The van der Waals surface area contributed by atoms with Gasteiger partial charge in [-0.3, -0.25) is 14.9 Å². The number of hydrogen-bond acceptors (Lipinski definition) is 9. The molecule has 0 bridgehead atoms. The summed E-state index contributed by atoms with van der Waals surface area (Å²) in [5.41, 5.74) is 1.88. The molecule has 10 nitrogen and oxygen atoms in total. The van der Waals surface area contributed by atoms with Crippen molar-refractivity contribution in [2.45, 2.75) is 6.42 Å². The highest BCUT2D eigenvalue weighted by Gasteiger charge is 2.26. The zero-order chi connectivity index (χ0) is 24.5. The first-order valence-corrected chi connectivity index (χ1v) is 11.0. The van der Waals surface area contributed by atoms with Crippen molar-refractivity contribution in [2.75, 3.05) is 6.79 Å². The van der Waals surface area contributed by atoms with E-state index >= 15 is 0 Å². The molecule has 174 valence electrons. The zero-order valence-corrected chi connectivity index (χ0v) is 18.7. The van der Waals surface area contributed by atoms with Gasteiger partial charge in [-0.05, 0) is 41.5 Å². The van der Waals surface area contributed by atoms with Gasteiger partial charge in [-0.1, -0.05) is 18.2 Å². The van der Waals surface area contributed by atoms with E-state index in [2.05, 4.69) is 8.75 Å². The minimum atomic E-state index is -1.29. The molecule has 5 rings (SSSR count). The highest BCUT2D eigenvalue weighted by molar-refractivity contribution is 7.00. The quantitative estimate of drug-likeness (QED) is 0.174. The molecule has 2 heterocycles. The summed E-state index contributed by atoms with van der Waals surface area (Å²) in [5, 5.41) is 21.2. The number of nitrogens with zero attached hydrogens (tertiary/aromatic N) is 3. The van der Waals surface area contributed by atoms with Crippen molar-refractivity contribution in [3.8, 4) is 11.5 Å². The highest BCUT2D eigenvalue weighted by Crippen LogP contribution is 2.35. The summed E-state index contributed by atoms with van der Waals surface area (Å²) in [5.74, 6) is -0.936. The third-order valence-electron chi connectivity index (χ3n) is 5.49. The van der Waals surface area contributed by atoms with Crippen LogP contribution in [0.4, 0.5) is 5.69 Å². The van der Waals surface area contributed by atoms with Gasteiger partial charge < -0.3 is 14.6 Å². The summed E-state index contributed by atoms with van der Waals surface area (Å²) >= 11 is 1.000. The SMILES string of the molecule is O=C(O)C(=C(Cc1ccc([N+](=O)[O-])cc1)C(=O)c1ccc2c(c1)OCO2)c1ccc2nsnc2c1. The van der Waals surface area contributed by atoms with Gasteiger partial charge in [-0.15, -0.1) is 0 Å². The van der Waals surface area contributed by atoms with E-state index in [1.807, 2.05) is 0 Å². The Morgan fingerprint density at radius 1 is 0.943 bits per heavy atom. The van der Waals surface area contributed by atoms with E-state index in [-0.39, 0.29) is 35.6 Å². The molecule has 1 aromatic heterocycles. The number of nitro groups is 1. The number of hydrogen-bond donors (Lipinski definition) is 1. The summed E-state index contributed by atoms with van der Waals surface area (Å²) in [6.45, 7) is 0.0283. The van der Waals surface area contributed by atoms with Gasteiger partial charge in [-0.2, -0.15) is 8.75 Å². The number of non-ortho nitro benzene ring substituents is 1. The smallest absolute Gasteiger partial charge is 0.336 e. The molecule has 1 aliphatic heterocycles. The maximum Gasteiger partial charge on any atom is 0.336 e. The molecule has 0 aliphatic carbocycles. The van der Waals surface area contributed by atoms with Crippen molar-refractivity contribution < 1.29 is 29.1 Å². The topological polar surface area (TPSA) is 142 Å². The molecule has 11 heteroatoms. The van der Waals surface area contributed by atoms with E-state index in [4.69, 9.17) is 9.47 Å². The van der Waals surface area contributed by atoms with Crippen molar-refractivity contribution in [3.63, 3.8) is 0 Å². The molecule has 1 aliphatic rings. The third kappa shape index (κ3) is 4.32. The Balaban J connectivity index is 1.65. The van der Waals surface area contributed by atoms with Crippen LogP contribution in [0.1, 0.15) is 21.5 Å². The number of aromatic nitrogens is 2. The van der Waals surface area contributed by atoms with E-state index in [0.717, 1.165) is 11.7 Å². The van der Waals surface area contributed by atoms with E-state index in [1.54, 1.807) is 30.3 Å². The van der Waals surface area contributed by atoms with Gasteiger partial charge in [0.15, 0.2) is 17.3 Å². The van der Waals surface area contributed by atoms with Crippen LogP contribution in [0.25, 0.3) is 16.6 Å². The number of Topliss-reactive ketones (excluding diaryl/α,β-unsaturated/α-hetero) is 1. The van der Waals surface area contributed by atoms with Crippen LogP contribution in [0, 0.1) is 10.1 Å². The van der Waals surface area contributed by atoms with Gasteiger partial charge >= 0.3 is 5.97 Å². The van der Waals surface area contributed by atoms with Crippen LogP contribution in [0.2, 0.25) is 0 Å². The molecule has 4 aromatic rings. The van der Waals surface area contributed by atoms with Gasteiger partial charge in [-0.25, -0.2) is 4.79 Å². The molecule has 35 heavy (non-hydrogen) atoms. The minimum Gasteiger partial charge on any atom is -0.478 e. The molecule has 0 radical (unpaired) electrons. The van der Waals surface area contributed by atoms with Gasteiger partial charge in [0.25, 0.3) is 5.69 Å². The van der Waals surface area contributed by atoms with Crippen molar-refractivity contribution in [1.82, 2.24) is 8.75 Å². The summed E-state index contributed by atoms with van der Waals surface area (Å²) in [6, 6.07) is 15.1. The summed E-state index contributed by atoms with van der Waals surface area (Å²) in [6.07, 6.45) is -0.0692. The highest BCUT2D eigenvalue weighted by atomic mass is 32.1. The number of aliphatic carboxylic acids is 1. The summed E-state index contributed by atoms with van der Waals surface area (Å²) < 4.78 is 19.0. The zero-order valence-electron chi connectivity index (χ0n) is 17.8. The Morgan fingerprint density at radius 3 is 2.40 bits per heavy atom. The molecule has 0 amide bonds. The Morgan fingerprint density at radius 2 is 1.66 bits per heavy atom. The number of carboxylic acids is 1. The average Bonchev–Trinajstić information content (AvgIpc) is 3.51. The van der Waals surface area contributed by atoms with Crippen LogP contribution in [-0.2, 0) is 11.2 Å². The first-order chi connectivity index (χ1) is 16.9. The standard InChI is InChI=1S/C24H15N3O7S/c28-23(15-4-8-20-21(11-15)34-12-33-20)17(9-13-1-5-16(6-2-13)27(31)32)22(24(29)30)14-3-7-18-19(10-14)26-35-25-18/h1-8,10-11H,9,12H2,(H,29,30). The lowest BCUT2D eigenvalue weighted by atomic mass is 9.89. The van der Waals surface area contributed by atoms with Crippen LogP contribution < -0.4 is 9.47 Å². The van der Waals surface area contributed by atoms with Crippen molar-refractivity contribution in [2.24, 2.45) is 0 Å². The Hall–Kier alpha value is -4.64. The Bertz CT molecular complexity index is 1530. The summed E-state index contributed by atoms with van der Waals surface area (Å²) in [4.78, 5) is 36.7. The van der Waals surface area contributed by atoms with E-state index in [1.165, 1.54) is 30.3 Å². The molecule has 0 unspecified atom stereocenters. The number of allylic oxidation sites excluding steroid dienone is 1. The predicted molar refractivity (Wildman–Crippen MR) is 126 cm³/mol. The van der Waals surface area contributed by atoms with Gasteiger partial charge in [0.05, 0.1) is 22.2 Å². The maximum absolute atomic E-state index is 13.7. The van der Waals surface area contributed by atoms with Crippen LogP contribution in [0.3, 0.4) is 0 Å². The molecule has 1 N–H and O–H groups in total. The number of benzene rings is 3. The van der Waals surface area contributed by atoms with Gasteiger partial charge in [0.2, 0.25) is 6.79 Å². The van der Waals surface area contributed by atoms with Gasteiger partial charge in [0, 0.05) is 29.7 Å².